The first-order valence-electron chi connectivity index (χ1n) is 11.7. The van der Waals surface area contributed by atoms with E-state index in [1.165, 1.54) is 17.7 Å². The highest BCUT2D eigenvalue weighted by atomic mass is 19.1. The van der Waals surface area contributed by atoms with Gasteiger partial charge in [-0.25, -0.2) is 9.18 Å². The highest BCUT2D eigenvalue weighted by Gasteiger charge is 2.30. The van der Waals surface area contributed by atoms with E-state index >= 15 is 0 Å². The molecule has 1 aromatic carbocycles. The molecule has 0 aliphatic carbocycles. The van der Waals surface area contributed by atoms with Crippen molar-refractivity contribution in [2.24, 2.45) is 20.0 Å². The van der Waals surface area contributed by atoms with Gasteiger partial charge in [-0.15, -0.1) is 0 Å². The summed E-state index contributed by atoms with van der Waals surface area (Å²) < 4.78 is 23.8. The predicted octanol–water partition coefficient (Wildman–Crippen LogP) is 0.909. The van der Waals surface area contributed by atoms with Gasteiger partial charge in [0.2, 0.25) is 11.9 Å². The monoisotopic (exact) mass is 486 g/mol. The van der Waals surface area contributed by atoms with Crippen LogP contribution in [-0.4, -0.2) is 57.9 Å². The van der Waals surface area contributed by atoms with E-state index in [9.17, 15) is 18.8 Å². The first-order chi connectivity index (χ1) is 16.7. The molecule has 35 heavy (non-hydrogen) atoms. The fourth-order valence-electron chi connectivity index (χ4n) is 4.64. The van der Waals surface area contributed by atoms with E-state index in [0.717, 1.165) is 23.0 Å². The number of nitrogens with one attached hydrogen (secondary N) is 1. The number of rotatable bonds is 7. The zero-order valence-corrected chi connectivity index (χ0v) is 20.5. The third kappa shape index (κ3) is 4.60. The van der Waals surface area contributed by atoms with E-state index in [1.54, 1.807) is 24.8 Å². The van der Waals surface area contributed by atoms with Gasteiger partial charge in [0.15, 0.2) is 11.2 Å². The third-order valence-corrected chi connectivity index (χ3v) is 6.68. The van der Waals surface area contributed by atoms with E-state index in [2.05, 4.69) is 10.3 Å². The van der Waals surface area contributed by atoms with Crippen LogP contribution in [0, 0.1) is 18.7 Å². The molecule has 10 nitrogen and oxygen atoms in total. The summed E-state index contributed by atoms with van der Waals surface area (Å²) in [4.78, 5) is 45.1. The Labute approximate surface area is 201 Å². The molecule has 1 atom stereocenters. The summed E-state index contributed by atoms with van der Waals surface area (Å²) in [6.45, 7) is 3.75. The predicted molar refractivity (Wildman–Crippen MR) is 130 cm³/mol. The minimum absolute atomic E-state index is 0.0670. The molecule has 3 aromatic rings. The summed E-state index contributed by atoms with van der Waals surface area (Å²) in [6.07, 6.45) is 1.48. The Bertz CT molecular complexity index is 1350. The number of nitrogens with zero attached hydrogens (tertiary/aromatic N) is 5. The van der Waals surface area contributed by atoms with Gasteiger partial charge in [0.25, 0.3) is 5.56 Å². The van der Waals surface area contributed by atoms with Gasteiger partial charge in [0.1, 0.15) is 5.82 Å². The molecule has 3 heterocycles. The van der Waals surface area contributed by atoms with Gasteiger partial charge in [-0.1, -0.05) is 12.1 Å². The molecule has 1 amide bonds. The SMILES string of the molecule is COCCNC(=O)C1CCCN(c2nc3c(c(=O)n(C)c(=O)n3C)n2Cc2c(C)cccc2F)C1. The number of fused-ring (bicyclic) bond motifs is 1. The third-order valence-electron chi connectivity index (χ3n) is 6.68. The Morgan fingerprint density at radius 3 is 2.74 bits per heavy atom. The van der Waals surface area contributed by atoms with Crippen LogP contribution in [0.15, 0.2) is 27.8 Å². The van der Waals surface area contributed by atoms with Gasteiger partial charge in [0, 0.05) is 46.4 Å². The van der Waals surface area contributed by atoms with Crippen molar-refractivity contribution in [2.75, 3.05) is 38.3 Å². The minimum atomic E-state index is -0.498. The van der Waals surface area contributed by atoms with Crippen LogP contribution in [-0.2, 0) is 30.2 Å². The van der Waals surface area contributed by atoms with Crippen molar-refractivity contribution in [3.8, 4) is 0 Å². The van der Waals surface area contributed by atoms with Gasteiger partial charge in [0.05, 0.1) is 19.1 Å². The first-order valence-corrected chi connectivity index (χ1v) is 11.7. The van der Waals surface area contributed by atoms with Crippen molar-refractivity contribution >= 4 is 23.0 Å². The lowest BCUT2D eigenvalue weighted by molar-refractivity contribution is -0.125. The number of imidazole rings is 1. The molecule has 0 spiro atoms. The van der Waals surface area contributed by atoms with Crippen LogP contribution >= 0.6 is 0 Å². The Morgan fingerprint density at radius 1 is 1.26 bits per heavy atom. The van der Waals surface area contributed by atoms with Crippen molar-refractivity contribution in [1.82, 2.24) is 24.0 Å². The summed E-state index contributed by atoms with van der Waals surface area (Å²) in [5.41, 5.74) is 0.646. The number of methoxy groups -OCH3 is 1. The average molecular weight is 487 g/mol. The number of aryl methyl sites for hydroxylation is 2. The van der Waals surface area contributed by atoms with Gasteiger partial charge >= 0.3 is 5.69 Å². The zero-order chi connectivity index (χ0) is 25.3. The Balaban J connectivity index is 1.81. The molecule has 0 radical (unpaired) electrons. The summed E-state index contributed by atoms with van der Waals surface area (Å²) in [7, 11) is 4.55. The molecular formula is C24H31FN6O4. The largest absolute Gasteiger partial charge is 0.383 e. The smallest absolute Gasteiger partial charge is 0.332 e. The lowest BCUT2D eigenvalue weighted by atomic mass is 9.97. The van der Waals surface area contributed by atoms with Crippen LogP contribution in [0.5, 0.6) is 0 Å². The van der Waals surface area contributed by atoms with Crippen LogP contribution in [0.3, 0.4) is 0 Å². The van der Waals surface area contributed by atoms with Crippen molar-refractivity contribution in [3.63, 3.8) is 0 Å². The van der Waals surface area contributed by atoms with Crippen LogP contribution < -0.4 is 21.5 Å². The van der Waals surface area contributed by atoms with Crippen molar-refractivity contribution in [2.45, 2.75) is 26.3 Å². The Kier molecular flexibility index (Phi) is 7.06. The second-order valence-electron chi connectivity index (χ2n) is 8.98. The minimum Gasteiger partial charge on any atom is -0.383 e. The summed E-state index contributed by atoms with van der Waals surface area (Å²) in [6, 6.07) is 4.84. The average Bonchev–Trinajstić information content (AvgIpc) is 3.23. The standard InChI is InChI=1S/C24H31FN6O4/c1-15-7-5-9-18(25)17(15)14-31-19-20(28(2)24(34)29(3)22(19)33)27-23(31)30-11-6-8-16(13-30)21(32)26-10-12-35-4/h5,7,9,16H,6,8,10-14H2,1-4H3,(H,26,32). The molecule has 1 unspecified atom stereocenters. The van der Waals surface area contributed by atoms with Gasteiger partial charge in [-0.2, -0.15) is 4.98 Å². The molecule has 11 heteroatoms. The molecular weight excluding hydrogens is 455 g/mol. The number of benzene rings is 1. The first kappa shape index (κ1) is 24.6. The lowest BCUT2D eigenvalue weighted by Crippen LogP contribution is -2.44. The van der Waals surface area contributed by atoms with Crippen LogP contribution in [0.4, 0.5) is 10.3 Å². The van der Waals surface area contributed by atoms with E-state index in [-0.39, 0.29) is 35.4 Å². The summed E-state index contributed by atoms with van der Waals surface area (Å²) in [5.74, 6) is -0.276. The fourth-order valence-corrected chi connectivity index (χ4v) is 4.64. The van der Waals surface area contributed by atoms with Crippen molar-refractivity contribution in [3.05, 3.63) is 56.0 Å². The highest BCUT2D eigenvalue weighted by molar-refractivity contribution is 5.80. The van der Waals surface area contributed by atoms with E-state index < -0.39 is 11.2 Å². The maximum atomic E-state index is 14.8. The Morgan fingerprint density at radius 2 is 2.03 bits per heavy atom. The molecule has 4 rings (SSSR count). The number of hydrogen-bond donors (Lipinski definition) is 1. The number of halogens is 1. The van der Waals surface area contributed by atoms with Crippen LogP contribution in [0.2, 0.25) is 0 Å². The zero-order valence-electron chi connectivity index (χ0n) is 20.5. The van der Waals surface area contributed by atoms with E-state index in [0.29, 0.717) is 37.8 Å². The number of amides is 1. The molecule has 0 bridgehead atoms. The molecule has 0 saturated carbocycles. The number of aromatic nitrogens is 4. The van der Waals surface area contributed by atoms with Crippen molar-refractivity contribution < 1.29 is 13.9 Å². The van der Waals surface area contributed by atoms with E-state index in [4.69, 9.17) is 4.74 Å². The number of hydrogen-bond acceptors (Lipinski definition) is 6. The van der Waals surface area contributed by atoms with Gasteiger partial charge < -0.3 is 15.0 Å². The molecule has 1 saturated heterocycles. The van der Waals surface area contributed by atoms with Gasteiger partial charge in [-0.05, 0) is 31.4 Å². The number of ether oxygens (including phenoxy) is 1. The van der Waals surface area contributed by atoms with Crippen LogP contribution in [0.25, 0.3) is 11.2 Å². The number of piperidine rings is 1. The molecule has 1 aliphatic heterocycles. The fraction of sp³-hybridized carbons (Fsp3) is 0.500. The Hall–Kier alpha value is -3.47. The molecule has 2 aromatic heterocycles. The maximum absolute atomic E-state index is 14.8. The number of carbonyl (C=O) groups excluding carboxylic acids is 1. The summed E-state index contributed by atoms with van der Waals surface area (Å²) in [5, 5.41) is 2.89. The second kappa shape index (κ2) is 10.0. The van der Waals surface area contributed by atoms with Crippen molar-refractivity contribution in [1.29, 1.82) is 0 Å². The topological polar surface area (TPSA) is 103 Å². The lowest BCUT2D eigenvalue weighted by Gasteiger charge is -2.33. The normalized spacial score (nSPS) is 16.1. The molecule has 188 valence electrons. The molecule has 1 aliphatic rings. The number of anilines is 1. The quantitative estimate of drug-likeness (QED) is 0.498. The highest BCUT2D eigenvalue weighted by Crippen LogP contribution is 2.27. The summed E-state index contributed by atoms with van der Waals surface area (Å²) >= 11 is 0. The second-order valence-corrected chi connectivity index (χ2v) is 8.98. The molecule has 1 N–H and O–H groups in total. The van der Waals surface area contributed by atoms with E-state index in [1.807, 2.05) is 17.9 Å². The maximum Gasteiger partial charge on any atom is 0.332 e. The molecule has 1 fully saturated rings. The van der Waals surface area contributed by atoms with Gasteiger partial charge in [-0.3, -0.25) is 23.3 Å². The van der Waals surface area contributed by atoms with Crippen LogP contribution in [0.1, 0.15) is 24.0 Å². The number of carbonyl (C=O) groups is 1.